The van der Waals surface area contributed by atoms with Crippen LogP contribution in [0.2, 0.25) is 0 Å². The molecule has 0 aromatic heterocycles. The summed E-state index contributed by atoms with van der Waals surface area (Å²) >= 11 is 0. The van der Waals surface area contributed by atoms with Crippen molar-refractivity contribution < 1.29 is 0 Å². The van der Waals surface area contributed by atoms with E-state index in [9.17, 15) is 0 Å². The SMILES string of the molecule is CN1CC(N2CCCc3cc(N)ccc32)C1. The number of rotatable bonds is 1. The van der Waals surface area contributed by atoms with Crippen molar-refractivity contribution in [2.24, 2.45) is 0 Å². The number of likely N-dealkylation sites (N-methyl/N-ethyl adjacent to an activating group) is 1. The van der Waals surface area contributed by atoms with Gasteiger partial charge in [-0.1, -0.05) is 0 Å². The molecule has 86 valence electrons. The average Bonchev–Trinajstić information content (AvgIpc) is 2.24. The fourth-order valence-electron chi connectivity index (χ4n) is 2.89. The van der Waals surface area contributed by atoms with Crippen LogP contribution in [0.25, 0.3) is 0 Å². The van der Waals surface area contributed by atoms with E-state index in [1.54, 1.807) is 0 Å². The Morgan fingerprint density at radius 1 is 1.31 bits per heavy atom. The molecule has 0 spiro atoms. The van der Waals surface area contributed by atoms with Crippen molar-refractivity contribution in [3.05, 3.63) is 23.8 Å². The van der Waals surface area contributed by atoms with Crippen LogP contribution < -0.4 is 10.6 Å². The summed E-state index contributed by atoms with van der Waals surface area (Å²) in [6.45, 7) is 3.60. The molecule has 1 saturated heterocycles. The number of nitrogens with two attached hydrogens (primary N) is 1. The van der Waals surface area contributed by atoms with E-state index in [-0.39, 0.29) is 0 Å². The number of benzene rings is 1. The van der Waals surface area contributed by atoms with E-state index in [2.05, 4.69) is 29.0 Å². The van der Waals surface area contributed by atoms with Gasteiger partial charge in [-0.05, 0) is 43.7 Å². The minimum absolute atomic E-state index is 0.715. The number of hydrogen-bond donors (Lipinski definition) is 1. The Hall–Kier alpha value is -1.22. The van der Waals surface area contributed by atoms with Crippen molar-refractivity contribution in [2.75, 3.05) is 37.3 Å². The van der Waals surface area contributed by atoms with Gasteiger partial charge < -0.3 is 15.5 Å². The number of nitrogen functional groups attached to an aromatic ring is 1. The number of nitrogens with zero attached hydrogens (tertiary/aromatic N) is 2. The second kappa shape index (κ2) is 3.67. The van der Waals surface area contributed by atoms with Gasteiger partial charge in [0.05, 0.1) is 6.04 Å². The molecule has 2 N–H and O–H groups in total. The molecule has 0 saturated carbocycles. The molecule has 3 rings (SSSR count). The molecule has 2 aliphatic rings. The molecule has 1 aromatic carbocycles. The fraction of sp³-hybridized carbons (Fsp3) is 0.538. The van der Waals surface area contributed by atoms with E-state index in [0.29, 0.717) is 6.04 Å². The average molecular weight is 217 g/mol. The van der Waals surface area contributed by atoms with Gasteiger partial charge in [0, 0.05) is 31.0 Å². The van der Waals surface area contributed by atoms with Gasteiger partial charge >= 0.3 is 0 Å². The van der Waals surface area contributed by atoms with Crippen molar-refractivity contribution in [1.29, 1.82) is 0 Å². The Balaban J connectivity index is 1.88. The molecule has 3 heteroatoms. The third-order valence-electron chi connectivity index (χ3n) is 3.74. The van der Waals surface area contributed by atoms with Crippen LogP contribution in [0.4, 0.5) is 11.4 Å². The molecule has 0 aliphatic carbocycles. The lowest BCUT2D eigenvalue weighted by Crippen LogP contribution is -2.59. The predicted molar refractivity (Wildman–Crippen MR) is 67.8 cm³/mol. The highest BCUT2D eigenvalue weighted by molar-refractivity contribution is 5.62. The lowest BCUT2D eigenvalue weighted by molar-refractivity contribution is 0.181. The minimum Gasteiger partial charge on any atom is -0.399 e. The molecule has 2 aliphatic heterocycles. The summed E-state index contributed by atoms with van der Waals surface area (Å²) in [6, 6.07) is 7.08. The monoisotopic (exact) mass is 217 g/mol. The van der Waals surface area contributed by atoms with Crippen LogP contribution in [0.15, 0.2) is 18.2 Å². The first kappa shape index (κ1) is 9.97. The fourth-order valence-corrected chi connectivity index (χ4v) is 2.89. The van der Waals surface area contributed by atoms with E-state index >= 15 is 0 Å². The van der Waals surface area contributed by atoms with Crippen LogP contribution in [-0.2, 0) is 6.42 Å². The highest BCUT2D eigenvalue weighted by Crippen LogP contribution is 2.32. The Kier molecular flexibility index (Phi) is 2.28. The van der Waals surface area contributed by atoms with Gasteiger partial charge in [0.15, 0.2) is 0 Å². The van der Waals surface area contributed by atoms with Crippen LogP contribution in [0, 0.1) is 0 Å². The molecule has 0 amide bonds. The summed E-state index contributed by atoms with van der Waals surface area (Å²) in [5, 5.41) is 0. The Bertz CT molecular complexity index is 396. The lowest BCUT2D eigenvalue weighted by atomic mass is 9.97. The van der Waals surface area contributed by atoms with E-state index < -0.39 is 0 Å². The van der Waals surface area contributed by atoms with E-state index in [0.717, 1.165) is 5.69 Å². The number of aryl methyl sites for hydroxylation is 1. The van der Waals surface area contributed by atoms with Gasteiger partial charge in [-0.2, -0.15) is 0 Å². The summed E-state index contributed by atoms with van der Waals surface area (Å²) in [5.74, 6) is 0. The van der Waals surface area contributed by atoms with Crippen molar-refractivity contribution in [3.8, 4) is 0 Å². The minimum atomic E-state index is 0.715. The van der Waals surface area contributed by atoms with Gasteiger partial charge in [0.2, 0.25) is 0 Å². The molecule has 0 bridgehead atoms. The summed E-state index contributed by atoms with van der Waals surface area (Å²) in [6.07, 6.45) is 2.44. The first-order valence-electron chi connectivity index (χ1n) is 6.07. The third kappa shape index (κ3) is 1.55. The van der Waals surface area contributed by atoms with Crippen molar-refractivity contribution in [3.63, 3.8) is 0 Å². The molecular formula is C13H19N3. The number of fused-ring (bicyclic) bond motifs is 1. The van der Waals surface area contributed by atoms with Gasteiger partial charge in [-0.25, -0.2) is 0 Å². The highest BCUT2D eigenvalue weighted by Gasteiger charge is 2.31. The lowest BCUT2D eigenvalue weighted by Gasteiger charge is -2.47. The molecule has 3 nitrogen and oxygen atoms in total. The Labute approximate surface area is 96.8 Å². The second-order valence-corrected chi connectivity index (χ2v) is 5.06. The topological polar surface area (TPSA) is 32.5 Å². The van der Waals surface area contributed by atoms with Crippen LogP contribution in [-0.4, -0.2) is 37.6 Å². The summed E-state index contributed by atoms with van der Waals surface area (Å²) in [5.41, 5.74) is 9.59. The molecule has 1 fully saturated rings. The van der Waals surface area contributed by atoms with E-state index in [1.165, 1.54) is 43.7 Å². The van der Waals surface area contributed by atoms with Gasteiger partial charge in [0.25, 0.3) is 0 Å². The van der Waals surface area contributed by atoms with Crippen molar-refractivity contribution in [2.45, 2.75) is 18.9 Å². The quantitative estimate of drug-likeness (QED) is 0.720. The molecule has 0 atom stereocenters. The first-order chi connectivity index (χ1) is 7.74. The maximum absolute atomic E-state index is 5.85. The maximum Gasteiger partial charge on any atom is 0.0543 e. The summed E-state index contributed by atoms with van der Waals surface area (Å²) in [4.78, 5) is 4.94. The van der Waals surface area contributed by atoms with Gasteiger partial charge in [-0.15, -0.1) is 0 Å². The zero-order chi connectivity index (χ0) is 11.1. The van der Waals surface area contributed by atoms with Crippen LogP contribution >= 0.6 is 0 Å². The Morgan fingerprint density at radius 2 is 2.12 bits per heavy atom. The normalized spacial score (nSPS) is 21.7. The van der Waals surface area contributed by atoms with Crippen LogP contribution in [0.3, 0.4) is 0 Å². The number of anilines is 2. The predicted octanol–water partition coefficient (Wildman–Crippen LogP) is 1.34. The molecule has 0 unspecified atom stereocenters. The standard InChI is InChI=1S/C13H19N3/c1-15-8-12(9-15)16-6-2-3-10-7-11(14)4-5-13(10)16/h4-5,7,12H,2-3,6,8-9,14H2,1H3. The summed E-state index contributed by atoms with van der Waals surface area (Å²) < 4.78 is 0. The maximum atomic E-state index is 5.85. The number of hydrogen-bond acceptors (Lipinski definition) is 3. The second-order valence-electron chi connectivity index (χ2n) is 5.06. The largest absolute Gasteiger partial charge is 0.399 e. The molecular weight excluding hydrogens is 198 g/mol. The molecule has 16 heavy (non-hydrogen) atoms. The van der Waals surface area contributed by atoms with Gasteiger partial charge in [-0.3, -0.25) is 0 Å². The van der Waals surface area contributed by atoms with E-state index in [1.807, 2.05) is 6.07 Å². The first-order valence-corrected chi connectivity index (χ1v) is 6.07. The summed E-state index contributed by atoms with van der Waals surface area (Å²) in [7, 11) is 2.18. The van der Waals surface area contributed by atoms with Crippen molar-refractivity contribution >= 4 is 11.4 Å². The third-order valence-corrected chi connectivity index (χ3v) is 3.74. The molecule has 2 heterocycles. The van der Waals surface area contributed by atoms with E-state index in [4.69, 9.17) is 5.73 Å². The zero-order valence-electron chi connectivity index (χ0n) is 9.82. The zero-order valence-corrected chi connectivity index (χ0v) is 9.82. The van der Waals surface area contributed by atoms with Crippen LogP contribution in [0.5, 0.6) is 0 Å². The highest BCUT2D eigenvalue weighted by atomic mass is 15.3. The number of likely N-dealkylation sites (tertiary alicyclic amines) is 1. The van der Waals surface area contributed by atoms with Gasteiger partial charge in [0.1, 0.15) is 0 Å². The molecule has 0 radical (unpaired) electrons. The molecule has 1 aromatic rings. The smallest absolute Gasteiger partial charge is 0.0543 e. The Morgan fingerprint density at radius 3 is 2.88 bits per heavy atom. The van der Waals surface area contributed by atoms with Crippen molar-refractivity contribution in [1.82, 2.24) is 4.90 Å². The van der Waals surface area contributed by atoms with Crippen LogP contribution in [0.1, 0.15) is 12.0 Å².